The number of piperidine rings is 1. The highest BCUT2D eigenvalue weighted by molar-refractivity contribution is 5.76. The van der Waals surface area contributed by atoms with Crippen molar-refractivity contribution in [3.8, 4) is 0 Å². The van der Waals surface area contributed by atoms with Crippen molar-refractivity contribution in [2.75, 3.05) is 13.1 Å². The Bertz CT molecular complexity index is 689. The molecule has 0 unspecified atom stereocenters. The molecule has 0 spiro atoms. The predicted octanol–water partition coefficient (Wildman–Crippen LogP) is 1.84. The smallest absolute Gasteiger partial charge is 0.220 e. The third-order valence-corrected chi connectivity index (χ3v) is 4.98. The normalized spacial score (nSPS) is 16.1. The van der Waals surface area contributed by atoms with Gasteiger partial charge in [-0.1, -0.05) is 30.3 Å². The maximum Gasteiger partial charge on any atom is 0.220 e. The number of aromatic nitrogens is 3. The summed E-state index contributed by atoms with van der Waals surface area (Å²) in [6, 6.07) is 10.5. The molecule has 6 nitrogen and oxygen atoms in total. The van der Waals surface area contributed by atoms with E-state index in [1.807, 2.05) is 36.7 Å². The topological polar surface area (TPSA) is 63.1 Å². The number of nitrogens with zero attached hydrogens (tertiary/aromatic N) is 4. The lowest BCUT2D eigenvalue weighted by atomic mass is 10.0. The summed E-state index contributed by atoms with van der Waals surface area (Å²) in [6.07, 6.45) is 3.35. The second kappa shape index (κ2) is 8.25. The van der Waals surface area contributed by atoms with E-state index in [0.29, 0.717) is 12.5 Å². The summed E-state index contributed by atoms with van der Waals surface area (Å²) in [4.78, 5) is 14.5. The third kappa shape index (κ3) is 4.89. The number of aryl methyl sites for hydroxylation is 2. The number of nitrogens with one attached hydrogen (secondary N) is 1. The van der Waals surface area contributed by atoms with Gasteiger partial charge < -0.3 is 9.88 Å². The SMILES string of the molecule is Cc1nnc(CN2CCC(NC(=O)CCc3ccccc3)CC2)n1C. The standard InChI is InChI=1S/C19H27N5O/c1-15-21-22-18(23(15)2)14-24-12-10-17(11-13-24)20-19(25)9-8-16-6-4-3-5-7-16/h3-7,17H,8-14H2,1-2H3,(H,20,25). The van der Waals surface area contributed by atoms with Crippen molar-refractivity contribution in [1.82, 2.24) is 25.0 Å². The Balaban J connectivity index is 1.38. The fraction of sp³-hybridized carbons (Fsp3) is 0.526. The lowest BCUT2D eigenvalue weighted by molar-refractivity contribution is -0.122. The van der Waals surface area contributed by atoms with Crippen LogP contribution in [-0.2, 0) is 24.8 Å². The van der Waals surface area contributed by atoms with E-state index in [-0.39, 0.29) is 5.91 Å². The molecule has 1 saturated heterocycles. The molecule has 2 aromatic rings. The first-order chi connectivity index (χ1) is 12.1. The lowest BCUT2D eigenvalue weighted by Gasteiger charge is -2.32. The molecule has 0 atom stereocenters. The Morgan fingerprint density at radius 3 is 2.56 bits per heavy atom. The third-order valence-electron chi connectivity index (χ3n) is 4.98. The Kier molecular flexibility index (Phi) is 5.81. The number of rotatable bonds is 6. The maximum absolute atomic E-state index is 12.2. The Labute approximate surface area is 149 Å². The van der Waals surface area contributed by atoms with Gasteiger partial charge in [0, 0.05) is 32.6 Å². The van der Waals surface area contributed by atoms with Crippen LogP contribution in [0.25, 0.3) is 0 Å². The van der Waals surface area contributed by atoms with Crippen LogP contribution < -0.4 is 5.32 Å². The van der Waals surface area contributed by atoms with Gasteiger partial charge in [0.25, 0.3) is 0 Å². The molecule has 1 aromatic heterocycles. The van der Waals surface area contributed by atoms with Crippen LogP contribution in [0.2, 0.25) is 0 Å². The zero-order valence-corrected chi connectivity index (χ0v) is 15.1. The molecule has 1 amide bonds. The maximum atomic E-state index is 12.2. The van der Waals surface area contributed by atoms with Gasteiger partial charge in [0.05, 0.1) is 6.54 Å². The van der Waals surface area contributed by atoms with Gasteiger partial charge >= 0.3 is 0 Å². The van der Waals surface area contributed by atoms with Crippen LogP contribution in [0.15, 0.2) is 30.3 Å². The van der Waals surface area contributed by atoms with E-state index in [0.717, 1.165) is 50.5 Å². The molecule has 0 saturated carbocycles. The molecule has 3 rings (SSSR count). The minimum atomic E-state index is 0.159. The van der Waals surface area contributed by atoms with Crippen molar-refractivity contribution in [2.24, 2.45) is 7.05 Å². The molecule has 6 heteroatoms. The molecule has 134 valence electrons. The molecule has 0 bridgehead atoms. The van der Waals surface area contributed by atoms with Crippen LogP contribution in [0.4, 0.5) is 0 Å². The second-order valence-electron chi connectivity index (χ2n) is 6.83. The molecule has 1 aliphatic rings. The van der Waals surface area contributed by atoms with Gasteiger partial charge in [-0.3, -0.25) is 9.69 Å². The zero-order chi connectivity index (χ0) is 17.6. The van der Waals surface area contributed by atoms with E-state index in [9.17, 15) is 4.79 Å². The fourth-order valence-corrected chi connectivity index (χ4v) is 3.23. The van der Waals surface area contributed by atoms with Crippen molar-refractivity contribution in [3.05, 3.63) is 47.5 Å². The van der Waals surface area contributed by atoms with Crippen molar-refractivity contribution >= 4 is 5.91 Å². The second-order valence-corrected chi connectivity index (χ2v) is 6.83. The van der Waals surface area contributed by atoms with Crippen molar-refractivity contribution < 1.29 is 4.79 Å². The number of likely N-dealkylation sites (tertiary alicyclic amines) is 1. The lowest BCUT2D eigenvalue weighted by Crippen LogP contribution is -2.44. The summed E-state index contributed by atoms with van der Waals surface area (Å²) in [5.74, 6) is 2.10. The quantitative estimate of drug-likeness (QED) is 0.871. The van der Waals surface area contributed by atoms with Crippen LogP contribution in [-0.4, -0.2) is 44.7 Å². The summed E-state index contributed by atoms with van der Waals surface area (Å²) in [5.41, 5.74) is 1.21. The molecular weight excluding hydrogens is 314 g/mol. The van der Waals surface area contributed by atoms with Crippen molar-refractivity contribution in [2.45, 2.75) is 45.2 Å². The number of benzene rings is 1. The number of amides is 1. The molecule has 1 fully saturated rings. The van der Waals surface area contributed by atoms with Crippen LogP contribution in [0.1, 0.15) is 36.5 Å². The van der Waals surface area contributed by atoms with E-state index in [4.69, 9.17) is 0 Å². The number of carbonyl (C=O) groups excluding carboxylic acids is 1. The largest absolute Gasteiger partial charge is 0.353 e. The van der Waals surface area contributed by atoms with Gasteiger partial charge in [-0.2, -0.15) is 0 Å². The minimum absolute atomic E-state index is 0.159. The molecule has 2 heterocycles. The van der Waals surface area contributed by atoms with E-state index < -0.39 is 0 Å². The number of hydrogen-bond acceptors (Lipinski definition) is 4. The van der Waals surface area contributed by atoms with Gasteiger partial charge in [0.15, 0.2) is 0 Å². The average molecular weight is 341 g/mol. The summed E-state index contributed by atoms with van der Waals surface area (Å²) < 4.78 is 2.04. The molecular formula is C19H27N5O. The highest BCUT2D eigenvalue weighted by atomic mass is 16.1. The summed E-state index contributed by atoms with van der Waals surface area (Å²) in [6.45, 7) is 4.75. The average Bonchev–Trinajstić information content (AvgIpc) is 2.95. The highest BCUT2D eigenvalue weighted by Gasteiger charge is 2.21. The minimum Gasteiger partial charge on any atom is -0.353 e. The number of hydrogen-bond donors (Lipinski definition) is 1. The monoisotopic (exact) mass is 341 g/mol. The first-order valence-electron chi connectivity index (χ1n) is 9.02. The molecule has 1 aromatic carbocycles. The van der Waals surface area contributed by atoms with E-state index in [1.165, 1.54) is 5.56 Å². The Hall–Kier alpha value is -2.21. The van der Waals surface area contributed by atoms with Gasteiger partial charge in [0.2, 0.25) is 5.91 Å². The molecule has 25 heavy (non-hydrogen) atoms. The van der Waals surface area contributed by atoms with E-state index >= 15 is 0 Å². The predicted molar refractivity (Wildman–Crippen MR) is 96.9 cm³/mol. The van der Waals surface area contributed by atoms with Gasteiger partial charge in [-0.25, -0.2) is 0 Å². The number of carbonyl (C=O) groups is 1. The van der Waals surface area contributed by atoms with Crippen LogP contribution >= 0.6 is 0 Å². The van der Waals surface area contributed by atoms with E-state index in [1.54, 1.807) is 0 Å². The van der Waals surface area contributed by atoms with Crippen molar-refractivity contribution in [1.29, 1.82) is 0 Å². The van der Waals surface area contributed by atoms with Gasteiger partial charge in [-0.15, -0.1) is 10.2 Å². The fourth-order valence-electron chi connectivity index (χ4n) is 3.23. The molecule has 1 N–H and O–H groups in total. The summed E-state index contributed by atoms with van der Waals surface area (Å²) in [5, 5.41) is 11.5. The Morgan fingerprint density at radius 2 is 1.92 bits per heavy atom. The summed E-state index contributed by atoms with van der Waals surface area (Å²) >= 11 is 0. The molecule has 1 aliphatic heterocycles. The first kappa shape index (κ1) is 17.6. The highest BCUT2D eigenvalue weighted by Crippen LogP contribution is 2.13. The van der Waals surface area contributed by atoms with Gasteiger partial charge in [0.1, 0.15) is 11.6 Å². The summed E-state index contributed by atoms with van der Waals surface area (Å²) in [7, 11) is 2.00. The van der Waals surface area contributed by atoms with E-state index in [2.05, 4.69) is 32.5 Å². The van der Waals surface area contributed by atoms with Crippen LogP contribution in [0.5, 0.6) is 0 Å². The van der Waals surface area contributed by atoms with Crippen LogP contribution in [0, 0.1) is 6.92 Å². The molecule has 0 radical (unpaired) electrons. The zero-order valence-electron chi connectivity index (χ0n) is 15.1. The van der Waals surface area contributed by atoms with Gasteiger partial charge in [-0.05, 0) is 31.7 Å². The Morgan fingerprint density at radius 1 is 1.20 bits per heavy atom. The van der Waals surface area contributed by atoms with Crippen molar-refractivity contribution in [3.63, 3.8) is 0 Å². The molecule has 0 aliphatic carbocycles. The van der Waals surface area contributed by atoms with Crippen LogP contribution in [0.3, 0.4) is 0 Å². The first-order valence-corrected chi connectivity index (χ1v) is 9.02.